The van der Waals surface area contributed by atoms with Gasteiger partial charge in [0.25, 0.3) is 0 Å². The third-order valence-electron chi connectivity index (χ3n) is 2.54. The largest absolute Gasteiger partial charge is 0.478 e. The van der Waals surface area contributed by atoms with Gasteiger partial charge >= 0.3 is 5.97 Å². The van der Waals surface area contributed by atoms with E-state index in [1.54, 1.807) is 29.8 Å². The van der Waals surface area contributed by atoms with E-state index in [1.165, 1.54) is 0 Å². The van der Waals surface area contributed by atoms with E-state index in [0.29, 0.717) is 17.5 Å². The highest BCUT2D eigenvalue weighted by Gasteiger charge is 2.10. The summed E-state index contributed by atoms with van der Waals surface area (Å²) in [7, 11) is 0. The molecule has 17 heavy (non-hydrogen) atoms. The van der Waals surface area contributed by atoms with Gasteiger partial charge in [0.2, 0.25) is 0 Å². The minimum Gasteiger partial charge on any atom is -0.478 e. The third kappa shape index (κ3) is 2.01. The minimum atomic E-state index is -0.929. The lowest BCUT2D eigenvalue weighted by Gasteiger charge is -2.06. The number of aromatic nitrogens is 4. The van der Waals surface area contributed by atoms with Crippen molar-refractivity contribution in [3.63, 3.8) is 0 Å². The zero-order valence-electron chi connectivity index (χ0n) is 9.58. The summed E-state index contributed by atoms with van der Waals surface area (Å²) < 4.78 is 1.61. The van der Waals surface area contributed by atoms with Crippen LogP contribution in [-0.2, 0) is 6.42 Å². The molecule has 2 aromatic rings. The Morgan fingerprint density at radius 2 is 2.24 bits per heavy atom. The summed E-state index contributed by atoms with van der Waals surface area (Å²) in [5, 5.41) is 20.3. The van der Waals surface area contributed by atoms with Crippen LogP contribution < -0.4 is 0 Å². The maximum Gasteiger partial charge on any atom is 0.335 e. The highest BCUT2D eigenvalue weighted by atomic mass is 16.4. The van der Waals surface area contributed by atoms with Gasteiger partial charge in [0.1, 0.15) is 0 Å². The van der Waals surface area contributed by atoms with Gasteiger partial charge in [-0.2, -0.15) is 4.68 Å². The first-order valence-corrected chi connectivity index (χ1v) is 5.25. The summed E-state index contributed by atoms with van der Waals surface area (Å²) in [6, 6.07) is 5.03. The van der Waals surface area contributed by atoms with E-state index in [4.69, 9.17) is 5.11 Å². The summed E-state index contributed by atoms with van der Waals surface area (Å²) in [5.74, 6) is -0.186. The van der Waals surface area contributed by atoms with Crippen molar-refractivity contribution in [3.8, 4) is 5.69 Å². The van der Waals surface area contributed by atoms with E-state index in [-0.39, 0.29) is 0 Å². The number of nitrogens with zero attached hydrogens (tertiary/aromatic N) is 4. The van der Waals surface area contributed by atoms with Crippen molar-refractivity contribution in [3.05, 3.63) is 35.2 Å². The number of benzene rings is 1. The maximum absolute atomic E-state index is 10.9. The molecular weight excluding hydrogens is 220 g/mol. The van der Waals surface area contributed by atoms with E-state index in [1.807, 2.05) is 6.92 Å². The van der Waals surface area contributed by atoms with E-state index in [2.05, 4.69) is 15.5 Å². The van der Waals surface area contributed by atoms with Crippen LogP contribution in [0.5, 0.6) is 0 Å². The molecule has 1 aromatic carbocycles. The lowest BCUT2D eigenvalue weighted by atomic mass is 10.1. The SMILES string of the molecule is CCc1nnnn1-c1ccc(C(=O)O)c(C)c1. The summed E-state index contributed by atoms with van der Waals surface area (Å²) in [4.78, 5) is 10.9. The van der Waals surface area contributed by atoms with Crippen LogP contribution in [0.15, 0.2) is 18.2 Å². The number of tetrazole rings is 1. The average molecular weight is 232 g/mol. The number of carboxylic acids is 1. The Hall–Kier alpha value is -2.24. The molecule has 0 atom stereocenters. The van der Waals surface area contributed by atoms with Crippen molar-refractivity contribution in [1.29, 1.82) is 0 Å². The summed E-state index contributed by atoms with van der Waals surface area (Å²) in [5.41, 5.74) is 1.75. The van der Waals surface area contributed by atoms with Crippen molar-refractivity contribution in [2.75, 3.05) is 0 Å². The molecule has 1 aromatic heterocycles. The van der Waals surface area contributed by atoms with Crippen molar-refractivity contribution < 1.29 is 9.90 Å². The van der Waals surface area contributed by atoms with Gasteiger partial charge in [0, 0.05) is 6.42 Å². The van der Waals surface area contributed by atoms with Crippen molar-refractivity contribution in [2.24, 2.45) is 0 Å². The number of carboxylic acid groups (broad SMARTS) is 1. The molecule has 0 saturated heterocycles. The van der Waals surface area contributed by atoms with Crippen LogP contribution in [0.25, 0.3) is 5.69 Å². The first-order chi connectivity index (χ1) is 8.13. The van der Waals surface area contributed by atoms with Crippen LogP contribution >= 0.6 is 0 Å². The van der Waals surface area contributed by atoms with Crippen LogP contribution in [0, 0.1) is 6.92 Å². The number of rotatable bonds is 3. The molecule has 0 aliphatic carbocycles. The Morgan fingerprint density at radius 1 is 1.47 bits per heavy atom. The van der Waals surface area contributed by atoms with E-state index >= 15 is 0 Å². The first kappa shape index (κ1) is 11.3. The molecule has 0 unspecified atom stereocenters. The molecule has 1 N–H and O–H groups in total. The molecular formula is C11H12N4O2. The lowest BCUT2D eigenvalue weighted by molar-refractivity contribution is 0.0696. The summed E-state index contributed by atoms with van der Waals surface area (Å²) >= 11 is 0. The molecule has 0 saturated carbocycles. The molecule has 6 nitrogen and oxygen atoms in total. The van der Waals surface area contributed by atoms with Gasteiger partial charge in [-0.3, -0.25) is 0 Å². The Bertz CT molecular complexity index is 562. The molecule has 6 heteroatoms. The number of aryl methyl sites for hydroxylation is 2. The highest BCUT2D eigenvalue weighted by molar-refractivity contribution is 5.89. The minimum absolute atomic E-state index is 0.292. The van der Waals surface area contributed by atoms with Crippen LogP contribution in [-0.4, -0.2) is 31.3 Å². The van der Waals surface area contributed by atoms with E-state index in [9.17, 15) is 4.79 Å². The van der Waals surface area contributed by atoms with Gasteiger partial charge in [0.15, 0.2) is 5.82 Å². The third-order valence-corrected chi connectivity index (χ3v) is 2.54. The molecule has 0 aliphatic heterocycles. The molecule has 0 spiro atoms. The van der Waals surface area contributed by atoms with Gasteiger partial charge < -0.3 is 5.11 Å². The fraction of sp³-hybridized carbons (Fsp3) is 0.273. The fourth-order valence-corrected chi connectivity index (χ4v) is 1.65. The van der Waals surface area contributed by atoms with Crippen LogP contribution in [0.1, 0.15) is 28.7 Å². The number of carbonyl (C=O) groups is 1. The Kier molecular flexibility index (Phi) is 2.86. The number of hydrogen-bond donors (Lipinski definition) is 1. The van der Waals surface area contributed by atoms with Crippen molar-refractivity contribution >= 4 is 5.97 Å². The number of aromatic carboxylic acids is 1. The Labute approximate surface area is 97.9 Å². The maximum atomic E-state index is 10.9. The first-order valence-electron chi connectivity index (χ1n) is 5.25. The van der Waals surface area contributed by atoms with Gasteiger partial charge in [0.05, 0.1) is 11.3 Å². The fourth-order valence-electron chi connectivity index (χ4n) is 1.65. The Morgan fingerprint density at radius 3 is 2.82 bits per heavy atom. The van der Waals surface area contributed by atoms with E-state index in [0.717, 1.165) is 11.5 Å². The molecule has 0 radical (unpaired) electrons. The Balaban J connectivity index is 2.48. The average Bonchev–Trinajstić information content (AvgIpc) is 2.76. The zero-order chi connectivity index (χ0) is 12.4. The molecule has 2 rings (SSSR count). The topological polar surface area (TPSA) is 80.9 Å². The molecule has 0 amide bonds. The van der Waals surface area contributed by atoms with Crippen molar-refractivity contribution in [2.45, 2.75) is 20.3 Å². The second kappa shape index (κ2) is 4.32. The monoisotopic (exact) mass is 232 g/mol. The standard InChI is InChI=1S/C11H12N4O2/c1-3-10-12-13-14-15(10)8-4-5-9(11(16)17)7(2)6-8/h4-6H,3H2,1-2H3,(H,16,17). The van der Waals surface area contributed by atoms with E-state index < -0.39 is 5.97 Å². The summed E-state index contributed by atoms with van der Waals surface area (Å²) in [6.45, 7) is 3.71. The van der Waals surface area contributed by atoms with Gasteiger partial charge in [-0.1, -0.05) is 6.92 Å². The van der Waals surface area contributed by atoms with Gasteiger partial charge in [-0.15, -0.1) is 5.10 Å². The van der Waals surface area contributed by atoms with Crippen LogP contribution in [0.4, 0.5) is 0 Å². The lowest BCUT2D eigenvalue weighted by Crippen LogP contribution is -2.05. The molecule has 0 fully saturated rings. The molecule has 88 valence electrons. The molecule has 0 aliphatic rings. The molecule has 1 heterocycles. The quantitative estimate of drug-likeness (QED) is 0.860. The smallest absolute Gasteiger partial charge is 0.335 e. The van der Waals surface area contributed by atoms with Crippen LogP contribution in [0.2, 0.25) is 0 Å². The molecule has 0 bridgehead atoms. The second-order valence-electron chi connectivity index (χ2n) is 3.66. The highest BCUT2D eigenvalue weighted by Crippen LogP contribution is 2.15. The van der Waals surface area contributed by atoms with Gasteiger partial charge in [-0.05, 0) is 41.1 Å². The van der Waals surface area contributed by atoms with Gasteiger partial charge in [-0.25, -0.2) is 4.79 Å². The zero-order valence-corrected chi connectivity index (χ0v) is 9.58. The normalized spacial score (nSPS) is 10.5. The second-order valence-corrected chi connectivity index (χ2v) is 3.66. The predicted octanol–water partition coefficient (Wildman–Crippen LogP) is 1.23. The van der Waals surface area contributed by atoms with Crippen molar-refractivity contribution in [1.82, 2.24) is 20.2 Å². The summed E-state index contributed by atoms with van der Waals surface area (Å²) in [6.07, 6.45) is 0.715. The van der Waals surface area contributed by atoms with Crippen LogP contribution in [0.3, 0.4) is 0 Å². The number of hydrogen-bond acceptors (Lipinski definition) is 4. The predicted molar refractivity (Wildman–Crippen MR) is 60.2 cm³/mol.